The maximum absolute atomic E-state index is 13.4. The van der Waals surface area contributed by atoms with Crippen molar-refractivity contribution in [3.8, 4) is 34.1 Å². The van der Waals surface area contributed by atoms with Crippen LogP contribution in [0.25, 0.3) is 11.1 Å². The van der Waals surface area contributed by atoms with Gasteiger partial charge >= 0.3 is 0 Å². The molecular weight excluding hydrogens is 556 g/mol. The Balaban J connectivity index is 1.47. The van der Waals surface area contributed by atoms with Crippen LogP contribution < -0.4 is 45.6 Å². The molecular formula is C31H32N4O8. The predicted octanol–water partition coefficient (Wildman–Crippen LogP) is 3.24. The number of amides is 3. The SMILES string of the molecule is COc1cc2c(c(OC)c1OC)-c1ccc(NCC(=O)Nc3ccc4c(c3)NC(=O)CO4)c(=O)cc1[C@@H](NC(C)=O)CC2. The standard InChI is InChI=1S/C31H32N4O8/c1-16(36)33-21-8-5-17-11-26(40-2)30(41-3)31(42-4)29(17)19-7-9-22(24(37)13-20(19)21)32-14-27(38)34-18-6-10-25-23(12-18)35-28(39)15-43-25/h6-7,9-13,21H,5,8,14-15H2,1-4H3,(H,32,37)(H,33,36)(H,34,38)(H,35,39)/t21-/m0/s1. The Morgan fingerprint density at radius 1 is 1.00 bits per heavy atom. The Bertz CT molecular complexity index is 1670. The number of benzene rings is 2. The largest absolute Gasteiger partial charge is 0.493 e. The summed E-state index contributed by atoms with van der Waals surface area (Å²) in [6, 6.07) is 11.2. The van der Waals surface area contributed by atoms with Gasteiger partial charge in [-0.1, -0.05) is 6.07 Å². The Labute approximate surface area is 247 Å². The van der Waals surface area contributed by atoms with Crippen molar-refractivity contribution in [3.05, 3.63) is 63.8 Å². The second kappa shape index (κ2) is 12.3. The van der Waals surface area contributed by atoms with Crippen LogP contribution in [0, 0.1) is 0 Å². The number of anilines is 3. The summed E-state index contributed by atoms with van der Waals surface area (Å²) in [5, 5.41) is 11.3. The number of methoxy groups -OCH3 is 3. The van der Waals surface area contributed by atoms with Crippen LogP contribution in [-0.4, -0.2) is 52.2 Å². The van der Waals surface area contributed by atoms with Crippen LogP contribution >= 0.6 is 0 Å². The molecule has 3 aromatic carbocycles. The first-order valence-corrected chi connectivity index (χ1v) is 13.6. The lowest BCUT2D eigenvalue weighted by atomic mass is 9.95. The van der Waals surface area contributed by atoms with Gasteiger partial charge in [0.1, 0.15) is 5.75 Å². The minimum Gasteiger partial charge on any atom is -0.493 e. The van der Waals surface area contributed by atoms with Crippen LogP contribution in [0.15, 0.2) is 47.3 Å². The first-order chi connectivity index (χ1) is 20.7. The van der Waals surface area contributed by atoms with Crippen molar-refractivity contribution in [3.63, 3.8) is 0 Å². The molecule has 0 radical (unpaired) electrons. The molecule has 12 nitrogen and oxygen atoms in total. The molecule has 4 N–H and O–H groups in total. The minimum atomic E-state index is -0.452. The smallest absolute Gasteiger partial charge is 0.262 e. The van der Waals surface area contributed by atoms with Gasteiger partial charge in [0.2, 0.25) is 23.0 Å². The van der Waals surface area contributed by atoms with Crippen LogP contribution in [0.4, 0.5) is 17.1 Å². The van der Waals surface area contributed by atoms with Crippen molar-refractivity contribution in [2.24, 2.45) is 0 Å². The first kappa shape index (κ1) is 29.2. The highest BCUT2D eigenvalue weighted by molar-refractivity contribution is 5.98. The third kappa shape index (κ3) is 6.03. The third-order valence-corrected chi connectivity index (χ3v) is 7.25. The van der Waals surface area contributed by atoms with Gasteiger partial charge in [0, 0.05) is 18.2 Å². The molecule has 2 aliphatic rings. The van der Waals surface area contributed by atoms with Gasteiger partial charge in [0.15, 0.2) is 18.1 Å². The Morgan fingerprint density at radius 3 is 2.51 bits per heavy atom. The Kier molecular flexibility index (Phi) is 8.37. The van der Waals surface area contributed by atoms with Gasteiger partial charge in [-0.15, -0.1) is 0 Å². The van der Waals surface area contributed by atoms with E-state index in [0.29, 0.717) is 58.3 Å². The summed E-state index contributed by atoms with van der Waals surface area (Å²) in [6.07, 6.45) is 1.10. The average Bonchev–Trinajstić information content (AvgIpc) is 3.23. The second-order valence-electron chi connectivity index (χ2n) is 10.0. The summed E-state index contributed by atoms with van der Waals surface area (Å²) in [5.74, 6) is 0.946. The third-order valence-electron chi connectivity index (χ3n) is 7.25. The summed E-state index contributed by atoms with van der Waals surface area (Å²) >= 11 is 0. The molecule has 0 unspecified atom stereocenters. The van der Waals surface area contributed by atoms with Crippen LogP contribution in [-0.2, 0) is 20.8 Å². The van der Waals surface area contributed by atoms with E-state index in [-0.39, 0.29) is 36.1 Å². The van der Waals surface area contributed by atoms with E-state index in [1.807, 2.05) is 6.07 Å². The normalized spacial score (nSPS) is 14.8. The van der Waals surface area contributed by atoms with Crippen molar-refractivity contribution < 1.29 is 33.3 Å². The molecule has 1 aliphatic carbocycles. The molecule has 0 bridgehead atoms. The van der Waals surface area contributed by atoms with Crippen LogP contribution in [0.2, 0.25) is 0 Å². The quantitative estimate of drug-likeness (QED) is 0.311. The molecule has 43 heavy (non-hydrogen) atoms. The number of aryl methyl sites for hydroxylation is 1. The van der Waals surface area contributed by atoms with Crippen LogP contribution in [0.1, 0.15) is 30.5 Å². The fourth-order valence-corrected chi connectivity index (χ4v) is 5.40. The lowest BCUT2D eigenvalue weighted by Crippen LogP contribution is -2.27. The van der Waals surface area contributed by atoms with Crippen molar-refractivity contribution in [1.82, 2.24) is 5.32 Å². The molecule has 0 spiro atoms. The zero-order valence-electron chi connectivity index (χ0n) is 24.2. The number of carbonyl (C=O) groups excluding carboxylic acids is 3. The molecule has 0 saturated carbocycles. The second-order valence-corrected chi connectivity index (χ2v) is 10.0. The lowest BCUT2D eigenvalue weighted by molar-refractivity contribution is -0.120. The first-order valence-electron chi connectivity index (χ1n) is 13.6. The predicted molar refractivity (Wildman–Crippen MR) is 160 cm³/mol. The van der Waals surface area contributed by atoms with E-state index in [2.05, 4.69) is 21.3 Å². The molecule has 12 heteroatoms. The molecule has 3 amide bonds. The Morgan fingerprint density at radius 2 is 1.79 bits per heavy atom. The van der Waals surface area contributed by atoms with E-state index >= 15 is 0 Å². The number of hydrogen-bond donors (Lipinski definition) is 4. The number of hydrogen-bond acceptors (Lipinski definition) is 9. The van der Waals surface area contributed by atoms with E-state index < -0.39 is 11.9 Å². The van der Waals surface area contributed by atoms with Crippen molar-refractivity contribution in [2.75, 3.05) is 50.4 Å². The van der Waals surface area contributed by atoms with Crippen LogP contribution in [0.3, 0.4) is 0 Å². The molecule has 1 heterocycles. The number of fused-ring (bicyclic) bond motifs is 4. The van der Waals surface area contributed by atoms with E-state index in [1.165, 1.54) is 27.2 Å². The number of carbonyl (C=O) groups is 3. The molecule has 1 aliphatic heterocycles. The average molecular weight is 589 g/mol. The summed E-state index contributed by atoms with van der Waals surface area (Å²) in [5.41, 5.74) is 3.66. The molecule has 0 saturated heterocycles. The van der Waals surface area contributed by atoms with Crippen molar-refractivity contribution in [2.45, 2.75) is 25.8 Å². The number of ether oxygens (including phenoxy) is 4. The van der Waals surface area contributed by atoms with Gasteiger partial charge in [-0.05, 0) is 65.9 Å². The maximum Gasteiger partial charge on any atom is 0.262 e. The molecule has 1 atom stereocenters. The fraction of sp³-hybridized carbons (Fsp3) is 0.290. The molecule has 5 rings (SSSR count). The van der Waals surface area contributed by atoms with Gasteiger partial charge in [0.25, 0.3) is 5.91 Å². The molecule has 0 fully saturated rings. The summed E-state index contributed by atoms with van der Waals surface area (Å²) in [7, 11) is 4.60. The van der Waals surface area contributed by atoms with Gasteiger partial charge in [-0.25, -0.2) is 0 Å². The summed E-state index contributed by atoms with van der Waals surface area (Å²) in [4.78, 5) is 50.0. The summed E-state index contributed by atoms with van der Waals surface area (Å²) < 4.78 is 22.3. The topological polar surface area (TPSA) is 153 Å². The number of nitrogens with one attached hydrogen (secondary N) is 4. The van der Waals surface area contributed by atoms with E-state index in [9.17, 15) is 19.2 Å². The van der Waals surface area contributed by atoms with Gasteiger partial charge in [0.05, 0.1) is 45.3 Å². The lowest BCUT2D eigenvalue weighted by Gasteiger charge is -2.19. The maximum atomic E-state index is 13.4. The fourth-order valence-electron chi connectivity index (χ4n) is 5.40. The molecule has 0 aromatic heterocycles. The van der Waals surface area contributed by atoms with Gasteiger partial charge in [-0.3, -0.25) is 19.2 Å². The van der Waals surface area contributed by atoms with Gasteiger partial charge in [-0.2, -0.15) is 0 Å². The monoisotopic (exact) mass is 588 g/mol. The highest BCUT2D eigenvalue weighted by atomic mass is 16.5. The highest BCUT2D eigenvalue weighted by Gasteiger charge is 2.29. The van der Waals surface area contributed by atoms with Gasteiger partial charge < -0.3 is 40.2 Å². The van der Waals surface area contributed by atoms with Crippen molar-refractivity contribution in [1.29, 1.82) is 0 Å². The van der Waals surface area contributed by atoms with Crippen molar-refractivity contribution >= 4 is 34.8 Å². The molecule has 224 valence electrons. The minimum absolute atomic E-state index is 0.0657. The summed E-state index contributed by atoms with van der Waals surface area (Å²) in [6.45, 7) is 1.16. The zero-order chi connectivity index (χ0) is 30.7. The Hall–Kier alpha value is -5.26. The zero-order valence-corrected chi connectivity index (χ0v) is 24.2. The van der Waals surface area contributed by atoms with E-state index in [1.54, 1.807) is 37.4 Å². The van der Waals surface area contributed by atoms with Crippen LogP contribution in [0.5, 0.6) is 23.0 Å². The van der Waals surface area contributed by atoms with E-state index in [0.717, 1.165) is 11.1 Å². The highest BCUT2D eigenvalue weighted by Crippen LogP contribution is 2.50. The number of rotatable bonds is 8. The molecule has 3 aromatic rings. The van der Waals surface area contributed by atoms with E-state index in [4.69, 9.17) is 18.9 Å².